The van der Waals surface area contributed by atoms with Crippen LogP contribution in [0.2, 0.25) is 0 Å². The molecule has 4 nitrogen and oxygen atoms in total. The molecule has 30 heavy (non-hydrogen) atoms. The number of hydrogen-bond acceptors (Lipinski definition) is 4. The van der Waals surface area contributed by atoms with Crippen LogP contribution in [0.5, 0.6) is 5.75 Å². The molecule has 0 radical (unpaired) electrons. The van der Waals surface area contributed by atoms with Crippen molar-refractivity contribution in [2.75, 3.05) is 0 Å². The topological polar surface area (TPSA) is 60.4 Å². The van der Waals surface area contributed by atoms with Gasteiger partial charge in [-0.05, 0) is 18.2 Å². The number of carbonyl (C=O) groups is 3. The Balaban J connectivity index is 1.74. The molecular weight excluding hydrogens is 444 g/mol. The third-order valence-electron chi connectivity index (χ3n) is 6.46. The minimum atomic E-state index is -1.59. The molecule has 148 valence electrons. The summed E-state index contributed by atoms with van der Waals surface area (Å²) in [7, 11) is 0. The first-order chi connectivity index (χ1) is 14.4. The predicted molar refractivity (Wildman–Crippen MR) is 115 cm³/mol. The van der Waals surface area contributed by atoms with E-state index >= 15 is 0 Å². The third-order valence-corrected chi connectivity index (χ3v) is 6.95. The summed E-state index contributed by atoms with van der Waals surface area (Å²) < 4.78 is 6.43. The Hall–Kier alpha value is -3.05. The quantitative estimate of drug-likeness (QED) is 0.231. The summed E-state index contributed by atoms with van der Waals surface area (Å²) >= 11 is 3.46. The molecule has 1 fully saturated rings. The van der Waals surface area contributed by atoms with Gasteiger partial charge in [0.05, 0.1) is 5.41 Å². The molecule has 1 aliphatic carbocycles. The van der Waals surface area contributed by atoms with Crippen LogP contribution in [0.4, 0.5) is 0 Å². The highest BCUT2D eigenvalue weighted by molar-refractivity contribution is 9.10. The van der Waals surface area contributed by atoms with Crippen molar-refractivity contribution in [3.05, 3.63) is 100 Å². The maximum Gasteiger partial charge on any atom is 0.327 e. The molecule has 0 aromatic heterocycles. The number of fused-ring (bicyclic) bond motifs is 3. The molecule has 5 heteroatoms. The summed E-state index contributed by atoms with van der Waals surface area (Å²) in [6.07, 6.45) is 0. The standard InChI is InChI=1S/C25H17BrO4/c1-24(21(27)15-8-4-2-5-9-15)20-18-14-17(26)12-13-19(18)30-23(29)25(20,24)22(28)16-10-6-3-7-11-16/h2-14,20H,1H3/t20-,24-,25-/m0/s1. The lowest BCUT2D eigenvalue weighted by molar-refractivity contribution is -0.140. The predicted octanol–water partition coefficient (Wildman–Crippen LogP) is 5.22. The van der Waals surface area contributed by atoms with Gasteiger partial charge in [-0.25, -0.2) is 0 Å². The molecular formula is C25H17BrO4. The van der Waals surface area contributed by atoms with Crippen molar-refractivity contribution in [3.63, 3.8) is 0 Å². The fourth-order valence-corrected chi connectivity index (χ4v) is 5.37. The van der Waals surface area contributed by atoms with Crippen LogP contribution in [-0.2, 0) is 4.79 Å². The van der Waals surface area contributed by atoms with Gasteiger partial charge in [0.25, 0.3) is 0 Å². The van der Waals surface area contributed by atoms with Gasteiger partial charge in [-0.15, -0.1) is 0 Å². The maximum atomic E-state index is 13.8. The van der Waals surface area contributed by atoms with Gasteiger partial charge in [-0.3, -0.25) is 14.4 Å². The van der Waals surface area contributed by atoms with Crippen molar-refractivity contribution in [3.8, 4) is 5.75 Å². The Kier molecular flexibility index (Phi) is 4.09. The zero-order chi connectivity index (χ0) is 21.1. The average Bonchev–Trinajstić information content (AvgIpc) is 3.37. The zero-order valence-electron chi connectivity index (χ0n) is 16.1. The van der Waals surface area contributed by atoms with Crippen LogP contribution in [0, 0.1) is 10.8 Å². The summed E-state index contributed by atoms with van der Waals surface area (Å²) in [6, 6.07) is 22.7. The molecule has 0 spiro atoms. The van der Waals surface area contributed by atoms with Crippen LogP contribution >= 0.6 is 15.9 Å². The molecule has 0 saturated heterocycles. The first-order valence-electron chi connectivity index (χ1n) is 9.64. The van der Waals surface area contributed by atoms with E-state index in [9.17, 15) is 14.4 Å². The van der Waals surface area contributed by atoms with E-state index in [4.69, 9.17) is 4.74 Å². The van der Waals surface area contributed by atoms with Gasteiger partial charge in [0, 0.05) is 27.1 Å². The molecule has 0 unspecified atom stereocenters. The second-order valence-corrected chi connectivity index (χ2v) is 8.82. The summed E-state index contributed by atoms with van der Waals surface area (Å²) in [6.45, 7) is 1.71. The maximum absolute atomic E-state index is 13.8. The van der Waals surface area contributed by atoms with Crippen molar-refractivity contribution in [1.29, 1.82) is 0 Å². The van der Waals surface area contributed by atoms with Crippen LogP contribution in [-0.4, -0.2) is 17.5 Å². The number of ether oxygens (including phenoxy) is 1. The van der Waals surface area contributed by atoms with E-state index in [0.29, 0.717) is 22.4 Å². The smallest absolute Gasteiger partial charge is 0.327 e. The Morgan fingerprint density at radius 1 is 0.867 bits per heavy atom. The first-order valence-corrected chi connectivity index (χ1v) is 10.4. The highest BCUT2D eigenvalue weighted by atomic mass is 79.9. The summed E-state index contributed by atoms with van der Waals surface area (Å²) in [5.74, 6) is -1.48. The van der Waals surface area contributed by atoms with E-state index in [1.807, 2.05) is 12.1 Å². The molecule has 0 amide bonds. The number of rotatable bonds is 4. The molecule has 1 aliphatic heterocycles. The summed E-state index contributed by atoms with van der Waals surface area (Å²) in [5, 5.41) is 0. The largest absolute Gasteiger partial charge is 0.425 e. The fraction of sp³-hybridized carbons (Fsp3) is 0.160. The Morgan fingerprint density at radius 3 is 2.03 bits per heavy atom. The number of halogens is 1. The SMILES string of the molecule is C[C@@]1(C(=O)c2ccccc2)[C@@H]2c3cc(Br)ccc3OC(=O)[C@@]21C(=O)c1ccccc1. The Morgan fingerprint density at radius 2 is 1.43 bits per heavy atom. The van der Waals surface area contributed by atoms with Crippen LogP contribution in [0.25, 0.3) is 0 Å². The first kappa shape index (κ1) is 18.9. The molecule has 0 N–H and O–H groups in total. The lowest BCUT2D eigenvalue weighted by Crippen LogP contribution is -2.39. The van der Waals surface area contributed by atoms with E-state index in [-0.39, 0.29) is 11.6 Å². The molecule has 0 bridgehead atoms. The Labute approximate surface area is 182 Å². The number of carbonyl (C=O) groups excluding carboxylic acids is 3. The molecule has 3 aromatic carbocycles. The number of benzene rings is 3. The lowest BCUT2D eigenvalue weighted by Gasteiger charge is -2.23. The van der Waals surface area contributed by atoms with Crippen molar-refractivity contribution in [2.45, 2.75) is 12.8 Å². The third kappa shape index (κ3) is 2.30. The van der Waals surface area contributed by atoms with E-state index in [0.717, 1.165) is 4.47 Å². The highest BCUT2D eigenvalue weighted by Crippen LogP contribution is 2.79. The normalized spacial score (nSPS) is 26.2. The van der Waals surface area contributed by atoms with Gasteiger partial charge in [0.2, 0.25) is 0 Å². The van der Waals surface area contributed by atoms with Crippen molar-refractivity contribution in [1.82, 2.24) is 0 Å². The van der Waals surface area contributed by atoms with E-state index in [1.54, 1.807) is 73.7 Å². The average molecular weight is 461 g/mol. The number of Topliss-reactive ketones (excluding diaryl/α,β-unsaturated/α-hetero) is 2. The summed E-state index contributed by atoms with van der Waals surface area (Å²) in [4.78, 5) is 40.8. The molecule has 1 heterocycles. The number of ketones is 2. The van der Waals surface area contributed by atoms with E-state index < -0.39 is 22.7 Å². The highest BCUT2D eigenvalue weighted by Gasteiger charge is 2.87. The van der Waals surface area contributed by atoms with Crippen LogP contribution < -0.4 is 4.74 Å². The van der Waals surface area contributed by atoms with E-state index in [2.05, 4.69) is 15.9 Å². The molecule has 1 saturated carbocycles. The number of hydrogen-bond donors (Lipinski definition) is 0. The minimum absolute atomic E-state index is 0.234. The lowest BCUT2D eigenvalue weighted by atomic mass is 9.82. The monoisotopic (exact) mass is 460 g/mol. The summed E-state index contributed by atoms with van der Waals surface area (Å²) in [5.41, 5.74) is -1.28. The van der Waals surface area contributed by atoms with Crippen LogP contribution in [0.1, 0.15) is 39.1 Å². The van der Waals surface area contributed by atoms with Gasteiger partial charge in [-0.2, -0.15) is 0 Å². The fourth-order valence-electron chi connectivity index (χ4n) is 4.99. The van der Waals surface area contributed by atoms with Crippen LogP contribution in [0.3, 0.4) is 0 Å². The van der Waals surface area contributed by atoms with E-state index in [1.165, 1.54) is 0 Å². The van der Waals surface area contributed by atoms with Gasteiger partial charge < -0.3 is 4.74 Å². The zero-order valence-corrected chi connectivity index (χ0v) is 17.7. The van der Waals surface area contributed by atoms with Gasteiger partial charge >= 0.3 is 5.97 Å². The van der Waals surface area contributed by atoms with Gasteiger partial charge in [0.1, 0.15) is 5.75 Å². The Bertz CT molecular complexity index is 1200. The van der Waals surface area contributed by atoms with Crippen molar-refractivity contribution >= 4 is 33.5 Å². The minimum Gasteiger partial charge on any atom is -0.425 e. The molecule has 3 aromatic rings. The molecule has 5 rings (SSSR count). The second kappa shape index (κ2) is 6.47. The number of esters is 1. The molecule has 3 atom stereocenters. The van der Waals surface area contributed by atoms with Gasteiger partial charge in [0.15, 0.2) is 17.0 Å². The molecule has 2 aliphatic rings. The van der Waals surface area contributed by atoms with Crippen molar-refractivity contribution in [2.24, 2.45) is 10.8 Å². The van der Waals surface area contributed by atoms with Gasteiger partial charge in [-0.1, -0.05) is 83.5 Å². The van der Waals surface area contributed by atoms with Crippen molar-refractivity contribution < 1.29 is 19.1 Å². The second-order valence-electron chi connectivity index (χ2n) is 7.91. The van der Waals surface area contributed by atoms with Crippen LogP contribution in [0.15, 0.2) is 83.3 Å².